The van der Waals surface area contributed by atoms with Gasteiger partial charge in [-0.2, -0.15) is 0 Å². The third-order valence-corrected chi connectivity index (χ3v) is 4.92. The SMILES string of the molecule is CCC(NC(=O)CC(C)C1CCNCC1)c1ccc(C)cc1.Cl. The summed E-state index contributed by atoms with van der Waals surface area (Å²) < 4.78 is 0. The third-order valence-electron chi connectivity index (χ3n) is 4.92. The van der Waals surface area contributed by atoms with E-state index in [1.54, 1.807) is 0 Å². The first-order valence-corrected chi connectivity index (χ1v) is 8.66. The van der Waals surface area contributed by atoms with Gasteiger partial charge in [0.1, 0.15) is 0 Å². The van der Waals surface area contributed by atoms with E-state index >= 15 is 0 Å². The first-order chi connectivity index (χ1) is 10.6. The lowest BCUT2D eigenvalue weighted by Crippen LogP contribution is -2.34. The number of carbonyl (C=O) groups excluding carboxylic acids is 1. The van der Waals surface area contributed by atoms with Crippen molar-refractivity contribution in [3.8, 4) is 0 Å². The number of amides is 1. The number of carbonyl (C=O) groups is 1. The number of hydrogen-bond donors (Lipinski definition) is 2. The quantitative estimate of drug-likeness (QED) is 0.822. The Kier molecular flexibility index (Phi) is 8.64. The summed E-state index contributed by atoms with van der Waals surface area (Å²) in [4.78, 5) is 12.4. The first kappa shape index (κ1) is 20.0. The predicted octanol–water partition coefficient (Wildman–Crippen LogP) is 4.01. The summed E-state index contributed by atoms with van der Waals surface area (Å²) in [5.41, 5.74) is 2.46. The Morgan fingerprint density at radius 3 is 2.43 bits per heavy atom. The molecule has 4 heteroatoms. The minimum atomic E-state index is 0. The maximum absolute atomic E-state index is 12.4. The Morgan fingerprint density at radius 1 is 1.26 bits per heavy atom. The maximum Gasteiger partial charge on any atom is 0.220 e. The van der Waals surface area contributed by atoms with Gasteiger partial charge in [0, 0.05) is 6.42 Å². The van der Waals surface area contributed by atoms with E-state index in [0.717, 1.165) is 19.5 Å². The lowest BCUT2D eigenvalue weighted by atomic mass is 9.84. The number of nitrogens with one attached hydrogen (secondary N) is 2. The van der Waals surface area contributed by atoms with Crippen LogP contribution in [0.3, 0.4) is 0 Å². The molecule has 2 N–H and O–H groups in total. The van der Waals surface area contributed by atoms with Gasteiger partial charge < -0.3 is 10.6 Å². The lowest BCUT2D eigenvalue weighted by molar-refractivity contribution is -0.123. The molecule has 0 radical (unpaired) electrons. The van der Waals surface area contributed by atoms with Gasteiger partial charge in [-0.05, 0) is 56.7 Å². The largest absolute Gasteiger partial charge is 0.349 e. The summed E-state index contributed by atoms with van der Waals surface area (Å²) >= 11 is 0. The van der Waals surface area contributed by atoms with Crippen LogP contribution in [0.4, 0.5) is 0 Å². The van der Waals surface area contributed by atoms with Crippen LogP contribution in [-0.4, -0.2) is 19.0 Å². The van der Waals surface area contributed by atoms with Gasteiger partial charge in [0.05, 0.1) is 6.04 Å². The molecular weight excluding hydrogens is 308 g/mol. The van der Waals surface area contributed by atoms with E-state index in [2.05, 4.69) is 55.7 Å². The van der Waals surface area contributed by atoms with E-state index in [4.69, 9.17) is 0 Å². The van der Waals surface area contributed by atoms with Crippen molar-refractivity contribution < 1.29 is 4.79 Å². The highest BCUT2D eigenvalue weighted by Gasteiger charge is 2.23. The van der Waals surface area contributed by atoms with Crippen LogP contribution in [-0.2, 0) is 4.79 Å². The second-order valence-electron chi connectivity index (χ2n) is 6.71. The van der Waals surface area contributed by atoms with Crippen LogP contribution in [0.2, 0.25) is 0 Å². The number of halogens is 1. The van der Waals surface area contributed by atoms with Gasteiger partial charge in [-0.15, -0.1) is 12.4 Å². The van der Waals surface area contributed by atoms with E-state index in [1.165, 1.54) is 24.0 Å². The van der Waals surface area contributed by atoms with Crippen LogP contribution in [0.25, 0.3) is 0 Å². The molecule has 0 saturated carbocycles. The monoisotopic (exact) mass is 338 g/mol. The Labute approximate surface area is 147 Å². The first-order valence-electron chi connectivity index (χ1n) is 8.66. The van der Waals surface area contributed by atoms with Crippen LogP contribution in [0.1, 0.15) is 56.7 Å². The molecule has 0 spiro atoms. The Balaban J connectivity index is 0.00000264. The summed E-state index contributed by atoms with van der Waals surface area (Å²) in [5, 5.41) is 6.61. The van der Waals surface area contributed by atoms with Gasteiger partial charge in [-0.3, -0.25) is 4.79 Å². The topological polar surface area (TPSA) is 41.1 Å². The average molecular weight is 339 g/mol. The summed E-state index contributed by atoms with van der Waals surface area (Å²) in [5.74, 6) is 1.35. The number of rotatable bonds is 6. The highest BCUT2D eigenvalue weighted by atomic mass is 35.5. The second kappa shape index (κ2) is 9.94. The van der Waals surface area contributed by atoms with Crippen molar-refractivity contribution in [2.24, 2.45) is 11.8 Å². The van der Waals surface area contributed by atoms with Gasteiger partial charge in [0.2, 0.25) is 5.91 Å². The second-order valence-corrected chi connectivity index (χ2v) is 6.71. The fraction of sp³-hybridized carbons (Fsp3) is 0.632. The molecule has 1 amide bonds. The molecule has 0 aromatic heterocycles. The lowest BCUT2D eigenvalue weighted by Gasteiger charge is -2.28. The number of hydrogen-bond acceptors (Lipinski definition) is 2. The van der Waals surface area contributed by atoms with Gasteiger partial charge in [-0.25, -0.2) is 0 Å². The molecule has 2 unspecified atom stereocenters. The maximum atomic E-state index is 12.4. The summed E-state index contributed by atoms with van der Waals surface area (Å²) in [6.07, 6.45) is 3.97. The average Bonchev–Trinajstić information content (AvgIpc) is 2.54. The van der Waals surface area contributed by atoms with Crippen molar-refractivity contribution in [3.63, 3.8) is 0 Å². The highest BCUT2D eigenvalue weighted by molar-refractivity contribution is 5.85. The summed E-state index contributed by atoms with van der Waals surface area (Å²) in [6.45, 7) is 8.63. The molecule has 1 aromatic rings. The van der Waals surface area contributed by atoms with Crippen LogP contribution < -0.4 is 10.6 Å². The molecule has 2 atom stereocenters. The zero-order valence-corrected chi connectivity index (χ0v) is 15.4. The van der Waals surface area contributed by atoms with Crippen molar-refractivity contribution in [1.82, 2.24) is 10.6 Å². The molecule has 1 aliphatic heterocycles. The molecular formula is C19H31ClN2O. The van der Waals surface area contributed by atoms with E-state index in [-0.39, 0.29) is 24.4 Å². The minimum Gasteiger partial charge on any atom is -0.349 e. The minimum absolute atomic E-state index is 0. The van der Waals surface area contributed by atoms with Gasteiger partial charge in [-0.1, -0.05) is 43.7 Å². The molecule has 130 valence electrons. The van der Waals surface area contributed by atoms with Crippen LogP contribution >= 0.6 is 12.4 Å². The molecule has 3 nitrogen and oxygen atoms in total. The fourth-order valence-corrected chi connectivity index (χ4v) is 3.35. The van der Waals surface area contributed by atoms with Crippen molar-refractivity contribution >= 4 is 18.3 Å². The number of aryl methyl sites for hydroxylation is 1. The standard InChI is InChI=1S/C19H30N2O.ClH/c1-4-18(17-7-5-14(2)6-8-17)21-19(22)13-15(3)16-9-11-20-12-10-16;/h5-8,15-16,18,20H,4,9-13H2,1-3H3,(H,21,22);1H. The van der Waals surface area contributed by atoms with Crippen LogP contribution in [0, 0.1) is 18.8 Å². The molecule has 0 aliphatic carbocycles. The molecule has 0 bridgehead atoms. The van der Waals surface area contributed by atoms with Crippen molar-refractivity contribution in [1.29, 1.82) is 0 Å². The van der Waals surface area contributed by atoms with Gasteiger partial charge >= 0.3 is 0 Å². The molecule has 1 heterocycles. The molecule has 1 aromatic carbocycles. The zero-order chi connectivity index (χ0) is 15.9. The normalized spacial score (nSPS) is 17.9. The van der Waals surface area contributed by atoms with Crippen LogP contribution in [0.15, 0.2) is 24.3 Å². The van der Waals surface area contributed by atoms with Gasteiger partial charge in [0.25, 0.3) is 0 Å². The molecule has 1 aliphatic rings. The fourth-order valence-electron chi connectivity index (χ4n) is 3.35. The molecule has 1 fully saturated rings. The predicted molar refractivity (Wildman–Crippen MR) is 99.0 cm³/mol. The third kappa shape index (κ3) is 6.15. The zero-order valence-electron chi connectivity index (χ0n) is 14.6. The molecule has 2 rings (SSSR count). The van der Waals surface area contributed by atoms with E-state index in [9.17, 15) is 4.79 Å². The van der Waals surface area contributed by atoms with E-state index < -0.39 is 0 Å². The van der Waals surface area contributed by atoms with Crippen molar-refractivity contribution in [2.75, 3.05) is 13.1 Å². The van der Waals surface area contributed by atoms with Crippen molar-refractivity contribution in [3.05, 3.63) is 35.4 Å². The summed E-state index contributed by atoms with van der Waals surface area (Å²) in [6, 6.07) is 8.61. The Morgan fingerprint density at radius 2 is 1.87 bits per heavy atom. The van der Waals surface area contributed by atoms with Crippen LogP contribution in [0.5, 0.6) is 0 Å². The Hall–Kier alpha value is -1.06. The summed E-state index contributed by atoms with van der Waals surface area (Å²) in [7, 11) is 0. The van der Waals surface area contributed by atoms with Crippen molar-refractivity contribution in [2.45, 2.75) is 52.5 Å². The molecule has 1 saturated heterocycles. The molecule has 23 heavy (non-hydrogen) atoms. The Bertz CT molecular complexity index is 469. The van der Waals surface area contributed by atoms with E-state index in [1.807, 2.05) is 0 Å². The number of piperidine rings is 1. The van der Waals surface area contributed by atoms with E-state index in [0.29, 0.717) is 18.3 Å². The smallest absolute Gasteiger partial charge is 0.220 e. The van der Waals surface area contributed by atoms with Gasteiger partial charge in [0.15, 0.2) is 0 Å². The number of benzene rings is 1. The highest BCUT2D eigenvalue weighted by Crippen LogP contribution is 2.25.